The highest BCUT2D eigenvalue weighted by Crippen LogP contribution is 2.31. The fourth-order valence-electron chi connectivity index (χ4n) is 2.76. The Labute approximate surface area is 212 Å². The van der Waals surface area contributed by atoms with Gasteiger partial charge >= 0.3 is 0 Å². The summed E-state index contributed by atoms with van der Waals surface area (Å²) < 4.78 is 7.59. The topological polar surface area (TPSA) is 106 Å². The lowest BCUT2D eigenvalue weighted by atomic mass is 10.1. The summed E-state index contributed by atoms with van der Waals surface area (Å²) in [4.78, 5) is 12.5. The van der Waals surface area contributed by atoms with Crippen LogP contribution in [0.15, 0.2) is 66.2 Å². The van der Waals surface area contributed by atoms with Gasteiger partial charge in [-0.1, -0.05) is 18.2 Å². The molecule has 0 heterocycles. The molecular weight excluding hydrogens is 632 g/mol. The van der Waals surface area contributed by atoms with Gasteiger partial charge in [0.1, 0.15) is 29.7 Å². The Morgan fingerprint density at radius 2 is 1.72 bits per heavy atom. The van der Waals surface area contributed by atoms with E-state index in [2.05, 4.69) is 56.6 Å². The van der Waals surface area contributed by atoms with Crippen molar-refractivity contribution in [1.29, 1.82) is 10.5 Å². The predicted molar refractivity (Wildman–Crippen MR) is 138 cm³/mol. The molecule has 0 saturated carbocycles. The number of ether oxygens (including phenoxy) is 1. The zero-order valence-corrected chi connectivity index (χ0v) is 20.8. The lowest BCUT2D eigenvalue weighted by Gasteiger charge is -2.12. The largest absolute Gasteiger partial charge is 0.508 e. The number of nitrogens with zero attached hydrogens (tertiary/aromatic N) is 2. The van der Waals surface area contributed by atoms with E-state index >= 15 is 0 Å². The maximum absolute atomic E-state index is 12.5. The second-order valence-corrected chi connectivity index (χ2v) is 8.87. The van der Waals surface area contributed by atoms with Crippen LogP contribution >= 0.6 is 45.2 Å². The molecular formula is C24H15I2N3O3. The van der Waals surface area contributed by atoms with Crippen molar-refractivity contribution < 1.29 is 14.6 Å². The Kier molecular flexibility index (Phi) is 8.09. The molecule has 0 aromatic heterocycles. The fourth-order valence-corrected chi connectivity index (χ4v) is 4.89. The monoisotopic (exact) mass is 647 g/mol. The number of carbonyl (C=O) groups excluding carboxylic acids is 1. The van der Waals surface area contributed by atoms with Crippen molar-refractivity contribution in [1.82, 2.24) is 0 Å². The van der Waals surface area contributed by atoms with E-state index in [0.29, 0.717) is 22.6 Å². The van der Waals surface area contributed by atoms with Crippen LogP contribution in [0.3, 0.4) is 0 Å². The summed E-state index contributed by atoms with van der Waals surface area (Å²) in [5, 5.41) is 30.7. The van der Waals surface area contributed by atoms with E-state index in [4.69, 9.17) is 4.74 Å². The first kappa shape index (κ1) is 23.6. The molecule has 0 radical (unpaired) electrons. The van der Waals surface area contributed by atoms with E-state index in [9.17, 15) is 20.4 Å². The maximum Gasteiger partial charge on any atom is 0.266 e. The molecule has 0 atom stereocenters. The summed E-state index contributed by atoms with van der Waals surface area (Å²) in [6.07, 6.45) is 1.51. The van der Waals surface area contributed by atoms with Gasteiger partial charge in [-0.3, -0.25) is 4.79 Å². The van der Waals surface area contributed by atoms with Crippen LogP contribution in [0.1, 0.15) is 16.7 Å². The van der Waals surface area contributed by atoms with Gasteiger partial charge in [-0.25, -0.2) is 0 Å². The summed E-state index contributed by atoms with van der Waals surface area (Å²) in [5.41, 5.74) is 2.46. The zero-order chi connectivity index (χ0) is 23.1. The van der Waals surface area contributed by atoms with Crippen LogP contribution in [0.4, 0.5) is 5.69 Å². The van der Waals surface area contributed by atoms with Gasteiger partial charge in [0, 0.05) is 11.3 Å². The van der Waals surface area contributed by atoms with Gasteiger partial charge in [0.2, 0.25) is 0 Å². The Hall–Kier alpha value is -3.09. The standard InChI is InChI=1S/C24H15I2N3O3/c25-21-10-15(9-18(13-28)24(31)29-19-5-7-20(30)8-6-19)11-22(26)23(21)32-14-17-4-2-1-3-16(17)12-27/h1-11,30H,14H2,(H,29,31)/b18-9+. The van der Waals surface area contributed by atoms with Crippen molar-refractivity contribution in [2.24, 2.45) is 0 Å². The molecule has 3 aromatic carbocycles. The first-order valence-electron chi connectivity index (χ1n) is 9.23. The van der Waals surface area contributed by atoms with Gasteiger partial charge in [0.25, 0.3) is 5.91 Å². The smallest absolute Gasteiger partial charge is 0.266 e. The van der Waals surface area contributed by atoms with Crippen LogP contribution in [0, 0.1) is 29.8 Å². The number of rotatable bonds is 6. The maximum atomic E-state index is 12.5. The van der Waals surface area contributed by atoms with E-state index in [1.165, 1.54) is 18.2 Å². The Balaban J connectivity index is 1.78. The van der Waals surface area contributed by atoms with Crippen LogP contribution < -0.4 is 10.1 Å². The van der Waals surface area contributed by atoms with Crippen molar-refractivity contribution >= 4 is 62.9 Å². The third kappa shape index (κ3) is 5.99. The molecule has 0 bridgehead atoms. The van der Waals surface area contributed by atoms with E-state index in [1.54, 1.807) is 24.3 Å². The molecule has 32 heavy (non-hydrogen) atoms. The molecule has 6 nitrogen and oxygen atoms in total. The summed E-state index contributed by atoms with van der Waals surface area (Å²) >= 11 is 4.28. The minimum absolute atomic E-state index is 0.0544. The summed E-state index contributed by atoms with van der Waals surface area (Å²) in [5.74, 6) is 0.210. The predicted octanol–water partition coefficient (Wildman–Crippen LogP) is 5.60. The number of nitriles is 2. The first-order chi connectivity index (χ1) is 15.4. The van der Waals surface area contributed by atoms with Crippen molar-refractivity contribution in [2.75, 3.05) is 5.32 Å². The van der Waals surface area contributed by atoms with Crippen LogP contribution in [-0.2, 0) is 11.4 Å². The van der Waals surface area contributed by atoms with Crippen LogP contribution in [-0.4, -0.2) is 11.0 Å². The van der Waals surface area contributed by atoms with Crippen molar-refractivity contribution in [2.45, 2.75) is 6.61 Å². The van der Waals surface area contributed by atoms with Crippen molar-refractivity contribution in [3.05, 3.63) is 90.1 Å². The molecule has 1 amide bonds. The SMILES string of the molecule is N#C/C(=C\c1cc(I)c(OCc2ccccc2C#N)c(I)c1)C(=O)Nc1ccc(O)cc1. The Bertz CT molecular complexity index is 1250. The van der Waals surface area contributed by atoms with Crippen LogP contribution in [0.2, 0.25) is 0 Å². The van der Waals surface area contributed by atoms with E-state index < -0.39 is 5.91 Å². The number of phenols is 1. The number of phenolic OH excluding ortho intramolecular Hbond substituents is 1. The third-order valence-electron chi connectivity index (χ3n) is 4.33. The summed E-state index contributed by atoms with van der Waals surface area (Å²) in [7, 11) is 0. The second kappa shape index (κ2) is 11.0. The Morgan fingerprint density at radius 3 is 2.34 bits per heavy atom. The zero-order valence-electron chi connectivity index (χ0n) is 16.5. The molecule has 0 aliphatic carbocycles. The van der Waals surface area contributed by atoms with Gasteiger partial charge in [0.15, 0.2) is 0 Å². The van der Waals surface area contributed by atoms with Gasteiger partial charge in [-0.05, 0) is 99.3 Å². The number of hydrogen-bond donors (Lipinski definition) is 2. The highest BCUT2D eigenvalue weighted by molar-refractivity contribution is 14.1. The molecule has 158 valence electrons. The number of amides is 1. The van der Waals surface area contributed by atoms with Crippen molar-refractivity contribution in [3.8, 4) is 23.6 Å². The molecule has 0 aliphatic heterocycles. The molecule has 0 fully saturated rings. The molecule has 8 heteroatoms. The minimum atomic E-state index is -0.545. The van der Waals surface area contributed by atoms with Crippen LogP contribution in [0.5, 0.6) is 11.5 Å². The van der Waals surface area contributed by atoms with E-state index in [1.807, 2.05) is 30.3 Å². The molecule has 3 rings (SSSR count). The normalized spacial score (nSPS) is 10.7. The van der Waals surface area contributed by atoms with E-state index in [-0.39, 0.29) is 17.9 Å². The number of benzene rings is 3. The number of hydrogen-bond acceptors (Lipinski definition) is 5. The Morgan fingerprint density at radius 1 is 1.06 bits per heavy atom. The molecule has 0 spiro atoms. The summed E-state index contributed by atoms with van der Waals surface area (Å²) in [6.45, 7) is 0.253. The lowest BCUT2D eigenvalue weighted by Crippen LogP contribution is -2.13. The van der Waals surface area contributed by atoms with Gasteiger partial charge in [-0.15, -0.1) is 0 Å². The van der Waals surface area contributed by atoms with E-state index in [0.717, 1.165) is 12.7 Å². The van der Waals surface area contributed by atoms with Gasteiger partial charge < -0.3 is 15.2 Å². The summed E-state index contributed by atoms with van der Waals surface area (Å²) in [6, 6.07) is 21.0. The molecule has 0 saturated heterocycles. The molecule has 2 N–H and O–H groups in total. The quantitative estimate of drug-likeness (QED) is 0.157. The number of nitrogens with one attached hydrogen (secondary N) is 1. The lowest BCUT2D eigenvalue weighted by molar-refractivity contribution is -0.112. The third-order valence-corrected chi connectivity index (χ3v) is 5.93. The van der Waals surface area contributed by atoms with Gasteiger partial charge in [0.05, 0.1) is 18.8 Å². The van der Waals surface area contributed by atoms with Crippen molar-refractivity contribution in [3.63, 3.8) is 0 Å². The number of anilines is 1. The highest BCUT2D eigenvalue weighted by atomic mass is 127. The second-order valence-electron chi connectivity index (χ2n) is 6.54. The number of carbonyl (C=O) groups is 1. The number of aromatic hydroxyl groups is 1. The number of halogens is 2. The average Bonchev–Trinajstić information content (AvgIpc) is 2.78. The first-order valence-corrected chi connectivity index (χ1v) is 11.4. The van der Waals surface area contributed by atoms with Gasteiger partial charge in [-0.2, -0.15) is 10.5 Å². The highest BCUT2D eigenvalue weighted by Gasteiger charge is 2.13. The fraction of sp³-hybridized carbons (Fsp3) is 0.0417. The minimum Gasteiger partial charge on any atom is -0.508 e. The molecule has 0 unspecified atom stereocenters. The molecule has 3 aromatic rings. The molecule has 0 aliphatic rings. The van der Waals surface area contributed by atoms with Crippen LogP contribution in [0.25, 0.3) is 6.08 Å². The average molecular weight is 647 g/mol.